The summed E-state index contributed by atoms with van der Waals surface area (Å²) in [4.78, 5) is 14.6. The molecule has 1 heterocycles. The molecule has 1 N–H and O–H groups in total. The van der Waals surface area contributed by atoms with Gasteiger partial charge in [0.05, 0.1) is 6.10 Å². The van der Waals surface area contributed by atoms with Crippen LogP contribution in [-0.4, -0.2) is 28.2 Å². The summed E-state index contributed by atoms with van der Waals surface area (Å²) in [7, 11) is 0. The van der Waals surface area contributed by atoms with Crippen molar-refractivity contribution in [2.75, 3.05) is 0 Å². The number of hydrogen-bond acceptors (Lipinski definition) is 3. The van der Waals surface area contributed by atoms with Crippen molar-refractivity contribution >= 4 is 6.09 Å². The summed E-state index contributed by atoms with van der Waals surface area (Å²) in [5.74, 6) is 0. The van der Waals surface area contributed by atoms with E-state index in [0.29, 0.717) is 6.42 Å². The lowest BCUT2D eigenvalue weighted by molar-refractivity contribution is 0.0273. The van der Waals surface area contributed by atoms with Gasteiger partial charge in [0.25, 0.3) is 0 Å². The molecule has 2 aromatic rings. The van der Waals surface area contributed by atoms with Gasteiger partial charge in [0, 0.05) is 12.1 Å². The van der Waals surface area contributed by atoms with Crippen molar-refractivity contribution in [3.8, 4) is 0 Å². The number of nitrogens with zero attached hydrogens (tertiary/aromatic N) is 1. The second-order valence-corrected chi connectivity index (χ2v) is 7.04. The zero-order valence-electron chi connectivity index (χ0n) is 15.3. The lowest BCUT2D eigenvalue weighted by Gasteiger charge is -2.40. The van der Waals surface area contributed by atoms with Crippen LogP contribution in [0.25, 0.3) is 0 Å². The first-order valence-corrected chi connectivity index (χ1v) is 9.37. The lowest BCUT2D eigenvalue weighted by Crippen LogP contribution is -2.49. The van der Waals surface area contributed by atoms with Crippen molar-refractivity contribution in [1.29, 1.82) is 0 Å². The molecule has 0 aliphatic carbocycles. The van der Waals surface area contributed by atoms with E-state index in [-0.39, 0.29) is 24.8 Å². The summed E-state index contributed by atoms with van der Waals surface area (Å²) in [5, 5.41) is 10.6. The number of aliphatic hydroxyl groups excluding tert-OH is 1. The first-order valence-electron chi connectivity index (χ1n) is 9.37. The molecule has 0 spiro atoms. The fraction of sp³-hybridized carbons (Fsp3) is 0.409. The maximum Gasteiger partial charge on any atom is 0.410 e. The van der Waals surface area contributed by atoms with Crippen LogP contribution in [-0.2, 0) is 11.3 Å². The second-order valence-electron chi connectivity index (χ2n) is 7.04. The molecule has 0 aromatic heterocycles. The Morgan fingerprint density at radius 2 is 1.77 bits per heavy atom. The van der Waals surface area contributed by atoms with E-state index >= 15 is 0 Å². The molecule has 1 aliphatic rings. The molecule has 1 fully saturated rings. The van der Waals surface area contributed by atoms with Crippen LogP contribution in [0, 0.1) is 0 Å². The number of likely N-dealkylation sites (tertiary alicyclic amines) is 1. The van der Waals surface area contributed by atoms with Crippen LogP contribution in [0.3, 0.4) is 0 Å². The molecular weight excluding hydrogens is 326 g/mol. The maximum absolute atomic E-state index is 12.7. The molecule has 0 bridgehead atoms. The van der Waals surface area contributed by atoms with E-state index < -0.39 is 6.10 Å². The van der Waals surface area contributed by atoms with Crippen LogP contribution in [0.5, 0.6) is 0 Å². The zero-order valence-corrected chi connectivity index (χ0v) is 15.3. The Hall–Kier alpha value is -2.33. The first-order chi connectivity index (χ1) is 12.6. The number of hydrogen-bond donors (Lipinski definition) is 1. The highest BCUT2D eigenvalue weighted by atomic mass is 16.6. The van der Waals surface area contributed by atoms with Gasteiger partial charge in [-0.3, -0.25) is 0 Å². The number of piperidine rings is 1. The highest BCUT2D eigenvalue weighted by Gasteiger charge is 2.34. The topological polar surface area (TPSA) is 49.8 Å². The van der Waals surface area contributed by atoms with Gasteiger partial charge < -0.3 is 14.7 Å². The monoisotopic (exact) mass is 353 g/mol. The normalized spacial score (nSPS) is 21.2. The van der Waals surface area contributed by atoms with Crippen molar-refractivity contribution in [2.45, 2.75) is 57.4 Å². The molecule has 3 atom stereocenters. The van der Waals surface area contributed by atoms with Gasteiger partial charge in [-0.15, -0.1) is 0 Å². The fourth-order valence-corrected chi connectivity index (χ4v) is 3.71. The van der Waals surface area contributed by atoms with E-state index in [0.717, 1.165) is 30.4 Å². The Labute approximate surface area is 155 Å². The van der Waals surface area contributed by atoms with Crippen molar-refractivity contribution in [1.82, 2.24) is 4.90 Å². The third-order valence-corrected chi connectivity index (χ3v) is 5.12. The van der Waals surface area contributed by atoms with E-state index in [1.165, 1.54) is 0 Å². The lowest BCUT2D eigenvalue weighted by atomic mass is 9.91. The maximum atomic E-state index is 12.7. The Morgan fingerprint density at radius 3 is 2.46 bits per heavy atom. The Bertz CT molecular complexity index is 689. The molecule has 2 aromatic carbocycles. The Morgan fingerprint density at radius 1 is 1.12 bits per heavy atom. The summed E-state index contributed by atoms with van der Waals surface area (Å²) in [6.07, 6.45) is 2.61. The SMILES string of the molecule is C[C@@H]1CCC[C@H](C[C@@H](O)c2ccccc2)N1C(=O)OCc1ccccc1. The van der Waals surface area contributed by atoms with Crippen molar-refractivity contribution < 1.29 is 14.6 Å². The van der Waals surface area contributed by atoms with E-state index in [2.05, 4.69) is 6.92 Å². The van der Waals surface area contributed by atoms with Crippen molar-refractivity contribution in [3.63, 3.8) is 0 Å². The van der Waals surface area contributed by atoms with Gasteiger partial charge in [0.1, 0.15) is 6.61 Å². The van der Waals surface area contributed by atoms with Gasteiger partial charge in [0.15, 0.2) is 0 Å². The molecule has 1 amide bonds. The smallest absolute Gasteiger partial charge is 0.410 e. The standard InChI is InChI=1S/C22H27NO3/c1-17-9-8-14-20(15-21(24)19-12-6-3-7-13-19)23(17)22(25)26-16-18-10-4-2-5-11-18/h2-7,10-13,17,20-21,24H,8-9,14-16H2,1H3/t17-,20-,21-/m1/s1. The minimum absolute atomic E-state index is 0.00257. The number of amides is 1. The molecule has 0 unspecified atom stereocenters. The molecule has 1 saturated heterocycles. The average molecular weight is 353 g/mol. The van der Waals surface area contributed by atoms with Crippen molar-refractivity contribution in [3.05, 3.63) is 71.8 Å². The highest BCUT2D eigenvalue weighted by molar-refractivity contribution is 5.68. The minimum atomic E-state index is -0.573. The van der Waals surface area contributed by atoms with Gasteiger partial charge in [-0.1, -0.05) is 60.7 Å². The molecule has 1 aliphatic heterocycles. The summed E-state index contributed by atoms with van der Waals surface area (Å²) in [6, 6.07) is 19.5. The van der Waals surface area contributed by atoms with E-state index in [9.17, 15) is 9.90 Å². The highest BCUT2D eigenvalue weighted by Crippen LogP contribution is 2.30. The van der Waals surface area contributed by atoms with Crippen LogP contribution < -0.4 is 0 Å². The second kappa shape index (κ2) is 8.86. The summed E-state index contributed by atoms with van der Waals surface area (Å²) in [5.41, 5.74) is 1.87. The number of ether oxygens (including phenoxy) is 1. The molecule has 4 nitrogen and oxygen atoms in total. The number of aliphatic hydroxyl groups is 1. The third-order valence-electron chi connectivity index (χ3n) is 5.12. The zero-order chi connectivity index (χ0) is 18.4. The fourth-order valence-electron chi connectivity index (χ4n) is 3.71. The predicted octanol–water partition coefficient (Wildman–Crippen LogP) is 4.69. The van der Waals surface area contributed by atoms with Gasteiger partial charge in [-0.2, -0.15) is 0 Å². The summed E-state index contributed by atoms with van der Waals surface area (Å²) in [6.45, 7) is 2.34. The average Bonchev–Trinajstić information content (AvgIpc) is 2.68. The van der Waals surface area contributed by atoms with Crippen LogP contribution in [0.1, 0.15) is 49.8 Å². The molecule has 0 radical (unpaired) electrons. The first kappa shape index (κ1) is 18.5. The molecule has 26 heavy (non-hydrogen) atoms. The van der Waals surface area contributed by atoms with E-state index in [4.69, 9.17) is 4.74 Å². The van der Waals surface area contributed by atoms with Crippen molar-refractivity contribution in [2.24, 2.45) is 0 Å². The molecule has 0 saturated carbocycles. The Balaban J connectivity index is 1.64. The van der Waals surface area contributed by atoms with E-state index in [1.54, 1.807) is 0 Å². The minimum Gasteiger partial charge on any atom is -0.445 e. The number of rotatable bonds is 5. The Kier molecular flexibility index (Phi) is 6.29. The van der Waals surface area contributed by atoms with Crippen LogP contribution >= 0.6 is 0 Å². The van der Waals surface area contributed by atoms with Gasteiger partial charge in [-0.25, -0.2) is 4.79 Å². The van der Waals surface area contributed by atoms with Gasteiger partial charge in [-0.05, 0) is 43.7 Å². The van der Waals surface area contributed by atoms with Crippen LogP contribution in [0.4, 0.5) is 4.79 Å². The predicted molar refractivity (Wildman–Crippen MR) is 102 cm³/mol. The summed E-state index contributed by atoms with van der Waals surface area (Å²) < 4.78 is 5.56. The third kappa shape index (κ3) is 4.64. The van der Waals surface area contributed by atoms with Crippen LogP contribution in [0.2, 0.25) is 0 Å². The molecule has 3 rings (SSSR count). The number of carbonyl (C=O) groups is 1. The quantitative estimate of drug-likeness (QED) is 0.848. The molecular formula is C22H27NO3. The largest absolute Gasteiger partial charge is 0.445 e. The summed E-state index contributed by atoms with van der Waals surface area (Å²) >= 11 is 0. The van der Waals surface area contributed by atoms with Gasteiger partial charge >= 0.3 is 6.09 Å². The van der Waals surface area contributed by atoms with E-state index in [1.807, 2.05) is 65.6 Å². The number of carbonyl (C=O) groups excluding carboxylic acids is 1. The molecule has 138 valence electrons. The molecule has 4 heteroatoms. The number of benzene rings is 2. The van der Waals surface area contributed by atoms with Crippen LogP contribution in [0.15, 0.2) is 60.7 Å². The van der Waals surface area contributed by atoms with Gasteiger partial charge in [0.2, 0.25) is 0 Å².